The summed E-state index contributed by atoms with van der Waals surface area (Å²) in [6.45, 7) is 6.22. The monoisotopic (exact) mass is 347 g/mol. The van der Waals surface area contributed by atoms with Crippen molar-refractivity contribution in [3.8, 4) is 0 Å². The molecule has 3 rings (SSSR count). The smallest absolute Gasteiger partial charge is 0.226 e. The van der Waals surface area contributed by atoms with Gasteiger partial charge in [0, 0.05) is 56.9 Å². The molecule has 130 valence electrons. The minimum Gasteiger partial charge on any atom is -0.365 e. The number of piperidine rings is 1. The summed E-state index contributed by atoms with van der Waals surface area (Å²) in [5.41, 5.74) is 0. The van der Waals surface area contributed by atoms with E-state index < -0.39 is 0 Å². The van der Waals surface area contributed by atoms with E-state index >= 15 is 0 Å². The molecule has 7 nitrogen and oxygen atoms in total. The molecule has 0 radical (unpaired) electrons. The first kappa shape index (κ1) is 16.9. The number of hydrogen-bond donors (Lipinski definition) is 1. The molecule has 1 aliphatic rings. The number of nitrogens with zero attached hydrogens (tertiary/aromatic N) is 6. The average Bonchev–Trinajstić information content (AvgIpc) is 3.06. The third-order valence-electron chi connectivity index (χ3n) is 4.03. The van der Waals surface area contributed by atoms with Crippen molar-refractivity contribution < 1.29 is 0 Å². The maximum atomic E-state index is 4.69. The number of hydrogen-bond acceptors (Lipinski definition) is 8. The highest BCUT2D eigenvalue weighted by molar-refractivity contribution is 7.09. The molecule has 3 heterocycles. The fraction of sp³-hybridized carbons (Fsp3) is 0.625. The summed E-state index contributed by atoms with van der Waals surface area (Å²) in [5.74, 6) is 2.91. The van der Waals surface area contributed by atoms with E-state index in [1.807, 2.05) is 25.1 Å². The molecule has 0 aromatic carbocycles. The van der Waals surface area contributed by atoms with Crippen molar-refractivity contribution in [2.45, 2.75) is 38.6 Å². The van der Waals surface area contributed by atoms with Gasteiger partial charge in [0.15, 0.2) is 0 Å². The Labute approximate surface area is 147 Å². The normalized spacial score (nSPS) is 18.0. The molecule has 24 heavy (non-hydrogen) atoms. The quantitative estimate of drug-likeness (QED) is 0.891. The van der Waals surface area contributed by atoms with Gasteiger partial charge in [-0.2, -0.15) is 9.36 Å². The van der Waals surface area contributed by atoms with E-state index in [1.54, 1.807) is 6.20 Å². The fourth-order valence-electron chi connectivity index (χ4n) is 2.71. The minimum atomic E-state index is 0.357. The molecular weight excluding hydrogens is 322 g/mol. The Morgan fingerprint density at radius 1 is 1.33 bits per heavy atom. The minimum absolute atomic E-state index is 0.357. The summed E-state index contributed by atoms with van der Waals surface area (Å²) in [6.07, 6.45) is 4.07. The van der Waals surface area contributed by atoms with Crippen LogP contribution in [0.25, 0.3) is 0 Å². The Morgan fingerprint density at radius 2 is 2.17 bits per heavy atom. The van der Waals surface area contributed by atoms with Crippen LogP contribution in [-0.4, -0.2) is 52.6 Å². The van der Waals surface area contributed by atoms with E-state index in [0.29, 0.717) is 12.0 Å². The standard InChI is InChI=1S/C16H25N7S/c1-11(2)14-20-16(24-21-14)23-9-5-6-12(10-23)18-13-7-8-17-15(19-13)22(3)4/h7-8,11-12H,5-6,9-10H2,1-4H3,(H,17,18,19). The van der Waals surface area contributed by atoms with Crippen LogP contribution >= 0.6 is 11.5 Å². The van der Waals surface area contributed by atoms with Crippen LogP contribution in [0.15, 0.2) is 12.3 Å². The molecule has 0 spiro atoms. The van der Waals surface area contributed by atoms with Gasteiger partial charge < -0.3 is 15.1 Å². The van der Waals surface area contributed by atoms with Crippen LogP contribution in [0.4, 0.5) is 16.9 Å². The maximum absolute atomic E-state index is 4.69. The fourth-order valence-corrected chi connectivity index (χ4v) is 3.55. The third-order valence-corrected chi connectivity index (χ3v) is 4.83. The highest BCUT2D eigenvalue weighted by Crippen LogP contribution is 2.25. The van der Waals surface area contributed by atoms with Crippen LogP contribution < -0.4 is 15.1 Å². The molecular formula is C16H25N7S. The van der Waals surface area contributed by atoms with Crippen molar-refractivity contribution in [1.82, 2.24) is 19.3 Å². The Bertz CT molecular complexity index is 670. The highest BCUT2D eigenvalue weighted by atomic mass is 32.1. The Morgan fingerprint density at radius 3 is 2.88 bits per heavy atom. The first-order valence-electron chi connectivity index (χ1n) is 8.38. The lowest BCUT2D eigenvalue weighted by Gasteiger charge is -2.33. The van der Waals surface area contributed by atoms with E-state index in [2.05, 4.69) is 43.4 Å². The van der Waals surface area contributed by atoms with E-state index in [9.17, 15) is 0 Å². The van der Waals surface area contributed by atoms with Gasteiger partial charge in [-0.1, -0.05) is 13.8 Å². The van der Waals surface area contributed by atoms with E-state index in [4.69, 9.17) is 0 Å². The first-order valence-corrected chi connectivity index (χ1v) is 9.15. The van der Waals surface area contributed by atoms with Crippen LogP contribution in [0, 0.1) is 0 Å². The number of aromatic nitrogens is 4. The van der Waals surface area contributed by atoms with Crippen LogP contribution in [0.3, 0.4) is 0 Å². The predicted molar refractivity (Wildman–Crippen MR) is 99.2 cm³/mol. The lowest BCUT2D eigenvalue weighted by Crippen LogP contribution is -2.42. The molecule has 2 aromatic rings. The van der Waals surface area contributed by atoms with Crippen molar-refractivity contribution in [2.24, 2.45) is 0 Å². The second kappa shape index (κ2) is 7.29. The summed E-state index contributed by atoms with van der Waals surface area (Å²) in [4.78, 5) is 17.7. The molecule has 0 bridgehead atoms. The van der Waals surface area contributed by atoms with Gasteiger partial charge in [-0.05, 0) is 18.9 Å². The van der Waals surface area contributed by atoms with Gasteiger partial charge in [0.2, 0.25) is 11.1 Å². The molecule has 1 atom stereocenters. The molecule has 0 amide bonds. The van der Waals surface area contributed by atoms with Crippen molar-refractivity contribution in [1.29, 1.82) is 0 Å². The van der Waals surface area contributed by atoms with Crippen molar-refractivity contribution in [3.63, 3.8) is 0 Å². The van der Waals surface area contributed by atoms with Crippen LogP contribution in [0.5, 0.6) is 0 Å². The van der Waals surface area contributed by atoms with Crippen molar-refractivity contribution in [2.75, 3.05) is 42.3 Å². The molecule has 0 aliphatic carbocycles. The first-order chi connectivity index (χ1) is 11.5. The van der Waals surface area contributed by atoms with E-state index in [1.165, 1.54) is 11.5 Å². The van der Waals surface area contributed by atoms with Crippen molar-refractivity contribution >= 4 is 28.4 Å². The zero-order valence-corrected chi connectivity index (χ0v) is 15.5. The molecule has 0 saturated carbocycles. The molecule has 1 fully saturated rings. The van der Waals surface area contributed by atoms with E-state index in [0.717, 1.165) is 48.7 Å². The molecule has 1 unspecified atom stereocenters. The van der Waals surface area contributed by atoms with Crippen LogP contribution in [0.1, 0.15) is 38.4 Å². The highest BCUT2D eigenvalue weighted by Gasteiger charge is 2.23. The molecule has 1 aliphatic heterocycles. The lowest BCUT2D eigenvalue weighted by molar-refractivity contribution is 0.527. The van der Waals surface area contributed by atoms with Gasteiger partial charge in [-0.15, -0.1) is 0 Å². The molecule has 8 heteroatoms. The van der Waals surface area contributed by atoms with Gasteiger partial charge in [0.1, 0.15) is 11.6 Å². The second-order valence-corrected chi connectivity index (χ2v) is 7.39. The Kier molecular flexibility index (Phi) is 5.13. The van der Waals surface area contributed by atoms with Crippen LogP contribution in [0.2, 0.25) is 0 Å². The van der Waals surface area contributed by atoms with Crippen LogP contribution in [-0.2, 0) is 0 Å². The molecule has 1 saturated heterocycles. The summed E-state index contributed by atoms with van der Waals surface area (Å²) < 4.78 is 4.47. The Balaban J connectivity index is 1.66. The zero-order chi connectivity index (χ0) is 17.1. The maximum Gasteiger partial charge on any atom is 0.226 e. The van der Waals surface area contributed by atoms with E-state index in [-0.39, 0.29) is 0 Å². The summed E-state index contributed by atoms with van der Waals surface area (Å²) in [6, 6.07) is 2.28. The Hall–Kier alpha value is -1.96. The SMILES string of the molecule is CC(C)c1nsc(N2CCCC(Nc3ccnc(N(C)C)n3)C2)n1. The van der Waals surface area contributed by atoms with Gasteiger partial charge in [0.05, 0.1) is 0 Å². The predicted octanol–water partition coefficient (Wildman–Crippen LogP) is 2.60. The van der Waals surface area contributed by atoms with Crippen molar-refractivity contribution in [3.05, 3.63) is 18.1 Å². The molecule has 1 N–H and O–H groups in total. The number of anilines is 3. The summed E-state index contributed by atoms with van der Waals surface area (Å²) in [7, 11) is 3.90. The van der Waals surface area contributed by atoms with Gasteiger partial charge >= 0.3 is 0 Å². The lowest BCUT2D eigenvalue weighted by atomic mass is 10.1. The second-order valence-electron chi connectivity index (χ2n) is 6.66. The largest absolute Gasteiger partial charge is 0.365 e. The topological polar surface area (TPSA) is 70.1 Å². The van der Waals surface area contributed by atoms with Gasteiger partial charge in [0.25, 0.3) is 0 Å². The zero-order valence-electron chi connectivity index (χ0n) is 14.7. The van der Waals surface area contributed by atoms with Gasteiger partial charge in [-0.25, -0.2) is 9.97 Å². The molecule has 2 aromatic heterocycles. The summed E-state index contributed by atoms with van der Waals surface area (Å²) in [5, 5.41) is 4.57. The third kappa shape index (κ3) is 3.92. The average molecular weight is 347 g/mol. The number of rotatable bonds is 5. The summed E-state index contributed by atoms with van der Waals surface area (Å²) >= 11 is 1.50. The number of nitrogens with one attached hydrogen (secondary N) is 1. The van der Waals surface area contributed by atoms with Gasteiger partial charge in [-0.3, -0.25) is 0 Å².